The normalized spacial score (nSPS) is 17.2. The van der Waals surface area contributed by atoms with Crippen molar-refractivity contribution in [1.29, 1.82) is 5.26 Å². The molecule has 3 rings (SSSR count). The van der Waals surface area contributed by atoms with Gasteiger partial charge in [-0.3, -0.25) is 0 Å². The maximum Gasteiger partial charge on any atom is 0.101 e. The molecule has 2 N–H and O–H groups in total. The van der Waals surface area contributed by atoms with Gasteiger partial charge in [0.05, 0.1) is 17.3 Å². The molecule has 21 heavy (non-hydrogen) atoms. The number of rotatable bonds is 2. The number of hydrogen-bond donors (Lipinski definition) is 1. The minimum Gasteiger partial charge on any atom is -0.362 e. The van der Waals surface area contributed by atoms with E-state index in [2.05, 4.69) is 48.2 Å². The Bertz CT molecular complexity index is 700. The van der Waals surface area contributed by atoms with Gasteiger partial charge in [0.1, 0.15) is 6.07 Å². The molecular weight excluding hydrogens is 258 g/mol. The predicted octanol–water partition coefficient (Wildman–Crippen LogP) is 2.93. The maximum absolute atomic E-state index is 9.42. The van der Waals surface area contributed by atoms with Crippen molar-refractivity contribution in [2.24, 2.45) is 5.73 Å². The summed E-state index contributed by atoms with van der Waals surface area (Å²) in [5, 5.41) is 9.42. The van der Waals surface area contributed by atoms with E-state index < -0.39 is 0 Å². The summed E-state index contributed by atoms with van der Waals surface area (Å²) in [5.41, 5.74) is 11.6. The number of benzene rings is 2. The van der Waals surface area contributed by atoms with E-state index in [1.165, 1.54) is 11.1 Å². The third kappa shape index (κ3) is 2.28. The first-order valence-electron chi connectivity index (χ1n) is 7.30. The molecule has 0 fully saturated rings. The summed E-state index contributed by atoms with van der Waals surface area (Å²) in [5.74, 6) is 0. The van der Waals surface area contributed by atoms with Gasteiger partial charge in [0.15, 0.2) is 0 Å². The topological polar surface area (TPSA) is 53.0 Å². The van der Waals surface area contributed by atoms with Crippen molar-refractivity contribution in [2.75, 3.05) is 18.0 Å². The van der Waals surface area contributed by atoms with Crippen LogP contribution in [0.25, 0.3) is 0 Å². The number of hydrogen-bond acceptors (Lipinski definition) is 3. The molecule has 1 aliphatic rings. The predicted molar refractivity (Wildman–Crippen MR) is 85.2 cm³/mol. The fourth-order valence-corrected chi connectivity index (χ4v) is 3.30. The van der Waals surface area contributed by atoms with Crippen LogP contribution in [0, 0.1) is 18.3 Å². The molecule has 0 aromatic heterocycles. The zero-order valence-electron chi connectivity index (χ0n) is 12.2. The van der Waals surface area contributed by atoms with Crippen molar-refractivity contribution in [3.8, 4) is 6.07 Å². The van der Waals surface area contributed by atoms with Gasteiger partial charge in [-0.1, -0.05) is 36.4 Å². The molecule has 0 radical (unpaired) electrons. The summed E-state index contributed by atoms with van der Waals surface area (Å²) < 4.78 is 0. The van der Waals surface area contributed by atoms with E-state index in [-0.39, 0.29) is 6.04 Å². The Labute approximate surface area is 125 Å². The van der Waals surface area contributed by atoms with E-state index in [0.717, 1.165) is 29.8 Å². The lowest BCUT2D eigenvalue weighted by atomic mass is 9.91. The number of fused-ring (bicyclic) bond motifs is 1. The number of para-hydroxylation sites is 1. The fraction of sp³-hybridized carbons (Fsp3) is 0.278. The highest BCUT2D eigenvalue weighted by atomic mass is 15.2. The minimum absolute atomic E-state index is 0.142. The lowest BCUT2D eigenvalue weighted by Gasteiger charge is -2.39. The van der Waals surface area contributed by atoms with Gasteiger partial charge in [-0.25, -0.2) is 0 Å². The van der Waals surface area contributed by atoms with Gasteiger partial charge >= 0.3 is 0 Å². The summed E-state index contributed by atoms with van der Waals surface area (Å²) in [7, 11) is 0. The molecule has 1 atom stereocenters. The van der Waals surface area contributed by atoms with Gasteiger partial charge in [-0.05, 0) is 36.1 Å². The standard InChI is InChI=1S/C18H19N3/c1-13-5-4-7-15(11-19)18(13)21-10-9-14-6-2-3-8-16(14)17(21)12-20/h2-8,17H,9-10,12,20H2,1H3. The maximum atomic E-state index is 9.42. The molecule has 0 amide bonds. The number of aryl methyl sites for hydroxylation is 1. The molecule has 1 unspecified atom stereocenters. The number of anilines is 1. The Hall–Kier alpha value is -2.31. The number of nitrogens with zero attached hydrogens (tertiary/aromatic N) is 2. The quantitative estimate of drug-likeness (QED) is 0.918. The van der Waals surface area contributed by atoms with Crippen LogP contribution in [0.5, 0.6) is 0 Å². The van der Waals surface area contributed by atoms with E-state index in [4.69, 9.17) is 5.73 Å². The zero-order valence-corrected chi connectivity index (χ0v) is 12.2. The molecule has 2 aromatic rings. The molecule has 3 heteroatoms. The second-order valence-corrected chi connectivity index (χ2v) is 5.48. The molecule has 3 nitrogen and oxygen atoms in total. The Balaban J connectivity index is 2.11. The van der Waals surface area contributed by atoms with Crippen LogP contribution in [0.4, 0.5) is 5.69 Å². The second kappa shape index (κ2) is 5.59. The Morgan fingerprint density at radius 1 is 1.24 bits per heavy atom. The molecular formula is C18H19N3. The highest BCUT2D eigenvalue weighted by molar-refractivity contribution is 5.66. The molecule has 0 bridgehead atoms. The largest absolute Gasteiger partial charge is 0.362 e. The fourth-order valence-electron chi connectivity index (χ4n) is 3.30. The molecule has 1 heterocycles. The van der Waals surface area contributed by atoms with Gasteiger partial charge in [0.25, 0.3) is 0 Å². The first kappa shape index (κ1) is 13.7. The van der Waals surface area contributed by atoms with Gasteiger partial charge in [0.2, 0.25) is 0 Å². The van der Waals surface area contributed by atoms with Crippen LogP contribution in [0.1, 0.15) is 28.3 Å². The average Bonchev–Trinajstić information content (AvgIpc) is 2.53. The minimum atomic E-state index is 0.142. The smallest absolute Gasteiger partial charge is 0.101 e. The molecule has 106 valence electrons. The van der Waals surface area contributed by atoms with Gasteiger partial charge < -0.3 is 10.6 Å². The molecule has 1 aliphatic heterocycles. The number of nitrogens with two attached hydrogens (primary N) is 1. The van der Waals surface area contributed by atoms with Crippen LogP contribution in [-0.4, -0.2) is 13.1 Å². The Morgan fingerprint density at radius 2 is 2.05 bits per heavy atom. The Morgan fingerprint density at radius 3 is 2.81 bits per heavy atom. The van der Waals surface area contributed by atoms with Crippen molar-refractivity contribution >= 4 is 5.69 Å². The third-order valence-electron chi connectivity index (χ3n) is 4.28. The van der Waals surface area contributed by atoms with E-state index in [1.54, 1.807) is 0 Å². The van der Waals surface area contributed by atoms with Crippen molar-refractivity contribution in [3.63, 3.8) is 0 Å². The van der Waals surface area contributed by atoms with Crippen molar-refractivity contribution in [2.45, 2.75) is 19.4 Å². The summed E-state index contributed by atoms with van der Waals surface area (Å²) in [6, 6.07) is 16.8. The van der Waals surface area contributed by atoms with Gasteiger partial charge in [0, 0.05) is 13.1 Å². The lowest BCUT2D eigenvalue weighted by Crippen LogP contribution is -2.40. The molecule has 2 aromatic carbocycles. The molecule has 0 saturated carbocycles. The van der Waals surface area contributed by atoms with Gasteiger partial charge in [-0.2, -0.15) is 5.26 Å². The molecule has 0 aliphatic carbocycles. The lowest BCUT2D eigenvalue weighted by molar-refractivity contribution is 0.589. The van der Waals surface area contributed by atoms with Crippen molar-refractivity contribution < 1.29 is 0 Å². The van der Waals surface area contributed by atoms with E-state index in [9.17, 15) is 5.26 Å². The zero-order chi connectivity index (χ0) is 14.8. The van der Waals surface area contributed by atoms with Crippen LogP contribution >= 0.6 is 0 Å². The summed E-state index contributed by atoms with van der Waals surface area (Å²) in [6.07, 6.45) is 0.992. The van der Waals surface area contributed by atoms with E-state index >= 15 is 0 Å². The molecule has 0 saturated heterocycles. The first-order valence-corrected chi connectivity index (χ1v) is 7.30. The summed E-state index contributed by atoms with van der Waals surface area (Å²) >= 11 is 0. The highest BCUT2D eigenvalue weighted by Gasteiger charge is 2.28. The summed E-state index contributed by atoms with van der Waals surface area (Å²) in [4.78, 5) is 2.30. The van der Waals surface area contributed by atoms with Crippen molar-refractivity contribution in [1.82, 2.24) is 0 Å². The van der Waals surface area contributed by atoms with Crippen LogP contribution < -0.4 is 10.6 Å². The van der Waals surface area contributed by atoms with Crippen LogP contribution in [0.2, 0.25) is 0 Å². The van der Waals surface area contributed by atoms with E-state index in [0.29, 0.717) is 6.54 Å². The van der Waals surface area contributed by atoms with Crippen LogP contribution in [-0.2, 0) is 6.42 Å². The molecule has 0 spiro atoms. The Kier molecular flexibility index (Phi) is 3.64. The van der Waals surface area contributed by atoms with Crippen LogP contribution in [0.15, 0.2) is 42.5 Å². The average molecular weight is 277 g/mol. The van der Waals surface area contributed by atoms with Gasteiger partial charge in [-0.15, -0.1) is 0 Å². The number of nitriles is 1. The SMILES string of the molecule is Cc1cccc(C#N)c1N1CCc2ccccc2C1CN. The van der Waals surface area contributed by atoms with Crippen molar-refractivity contribution in [3.05, 3.63) is 64.7 Å². The van der Waals surface area contributed by atoms with Crippen LogP contribution in [0.3, 0.4) is 0 Å². The first-order chi connectivity index (χ1) is 10.3. The second-order valence-electron chi connectivity index (χ2n) is 5.48. The van der Waals surface area contributed by atoms with E-state index in [1.807, 2.05) is 12.1 Å². The highest BCUT2D eigenvalue weighted by Crippen LogP contribution is 2.36. The third-order valence-corrected chi connectivity index (χ3v) is 4.28. The summed E-state index contributed by atoms with van der Waals surface area (Å²) in [6.45, 7) is 3.51. The monoisotopic (exact) mass is 277 g/mol.